The molecule has 19 heavy (non-hydrogen) atoms. The fourth-order valence-corrected chi connectivity index (χ4v) is 3.17. The van der Waals surface area contributed by atoms with E-state index in [1.165, 1.54) is 0 Å². The predicted octanol–water partition coefficient (Wildman–Crippen LogP) is -0.730. The molecule has 2 rings (SSSR count). The zero-order valence-electron chi connectivity index (χ0n) is 11.2. The lowest BCUT2D eigenvalue weighted by molar-refractivity contribution is 0.0272. The molecule has 1 aromatic rings. The van der Waals surface area contributed by atoms with Gasteiger partial charge in [-0.05, 0) is 13.1 Å². The number of aromatic nitrogens is 1. The van der Waals surface area contributed by atoms with Gasteiger partial charge in [-0.1, -0.05) is 0 Å². The third kappa shape index (κ3) is 3.54. The molecular weight excluding hydrogens is 268 g/mol. The van der Waals surface area contributed by atoms with Crippen molar-refractivity contribution in [1.29, 1.82) is 0 Å². The van der Waals surface area contributed by atoms with Crippen LogP contribution in [0.4, 0.5) is 0 Å². The highest BCUT2D eigenvalue weighted by molar-refractivity contribution is 7.89. The summed E-state index contributed by atoms with van der Waals surface area (Å²) >= 11 is 0. The van der Waals surface area contributed by atoms with Crippen molar-refractivity contribution in [2.75, 3.05) is 33.4 Å². The lowest BCUT2D eigenvalue weighted by Crippen LogP contribution is -2.48. The molecule has 1 aliphatic rings. The Hall–Kier alpha value is -0.930. The van der Waals surface area contributed by atoms with E-state index in [9.17, 15) is 8.42 Å². The van der Waals surface area contributed by atoms with E-state index in [1.54, 1.807) is 17.3 Å². The first-order valence-electron chi connectivity index (χ1n) is 6.18. The number of aryl methyl sites for hydroxylation is 1. The van der Waals surface area contributed by atoms with Crippen LogP contribution in [0.3, 0.4) is 0 Å². The van der Waals surface area contributed by atoms with Crippen molar-refractivity contribution in [2.45, 2.75) is 11.4 Å². The Balaban J connectivity index is 2.12. The highest BCUT2D eigenvalue weighted by atomic mass is 32.2. The van der Waals surface area contributed by atoms with E-state index in [2.05, 4.69) is 10.1 Å². The van der Waals surface area contributed by atoms with Gasteiger partial charge in [0.05, 0.1) is 13.2 Å². The molecule has 1 aliphatic heterocycles. The lowest BCUT2D eigenvalue weighted by Gasteiger charge is -2.26. The van der Waals surface area contributed by atoms with Gasteiger partial charge in [0.2, 0.25) is 0 Å². The number of nitrogens with one attached hydrogen (secondary N) is 2. The van der Waals surface area contributed by atoms with Crippen LogP contribution in [0, 0.1) is 0 Å². The summed E-state index contributed by atoms with van der Waals surface area (Å²) < 4.78 is 31.5. The Morgan fingerprint density at radius 1 is 1.37 bits per heavy atom. The van der Waals surface area contributed by atoms with Crippen LogP contribution in [0.1, 0.15) is 5.69 Å². The van der Waals surface area contributed by atoms with Crippen molar-refractivity contribution in [3.63, 3.8) is 0 Å². The first-order chi connectivity index (χ1) is 9.03. The summed E-state index contributed by atoms with van der Waals surface area (Å²) in [5, 5.41) is 4.68. The Kier molecular flexibility index (Phi) is 4.58. The molecule has 7 nitrogen and oxygen atoms in total. The molecule has 108 valence electrons. The molecule has 0 aliphatic carbocycles. The number of hydrogen-bond donors (Lipinski definition) is 2. The van der Waals surface area contributed by atoms with Gasteiger partial charge in [-0.15, -0.1) is 4.83 Å². The molecule has 0 radical (unpaired) electrons. The highest BCUT2D eigenvalue weighted by Crippen LogP contribution is 2.14. The first kappa shape index (κ1) is 14.5. The van der Waals surface area contributed by atoms with Crippen molar-refractivity contribution >= 4 is 10.0 Å². The molecule has 0 unspecified atom stereocenters. The molecule has 0 saturated carbocycles. The Bertz CT molecular complexity index is 520. The van der Waals surface area contributed by atoms with Crippen LogP contribution in [0.25, 0.3) is 0 Å². The second kappa shape index (κ2) is 6.02. The van der Waals surface area contributed by atoms with Crippen LogP contribution >= 0.6 is 0 Å². The van der Waals surface area contributed by atoms with E-state index in [0.29, 0.717) is 32.8 Å². The molecule has 1 fully saturated rings. The topological polar surface area (TPSA) is 75.6 Å². The normalized spacial score (nSPS) is 17.8. The van der Waals surface area contributed by atoms with Gasteiger partial charge in [0.15, 0.2) is 0 Å². The van der Waals surface area contributed by atoms with Gasteiger partial charge in [0.25, 0.3) is 10.0 Å². The molecule has 1 saturated heterocycles. The molecule has 2 N–H and O–H groups in total. The zero-order chi connectivity index (χ0) is 13.9. The minimum atomic E-state index is -3.51. The molecule has 0 amide bonds. The van der Waals surface area contributed by atoms with Gasteiger partial charge in [0.1, 0.15) is 4.90 Å². The van der Waals surface area contributed by atoms with Gasteiger partial charge >= 0.3 is 0 Å². The van der Waals surface area contributed by atoms with Crippen LogP contribution in [0.15, 0.2) is 17.2 Å². The molecule has 8 heteroatoms. The third-order valence-electron chi connectivity index (χ3n) is 3.01. The first-order valence-corrected chi connectivity index (χ1v) is 7.66. The Morgan fingerprint density at radius 3 is 2.68 bits per heavy atom. The van der Waals surface area contributed by atoms with Crippen molar-refractivity contribution in [3.05, 3.63) is 18.0 Å². The highest BCUT2D eigenvalue weighted by Gasteiger charge is 2.21. The molecular formula is C11H20N4O3S. The number of ether oxygens (including phenoxy) is 1. The van der Waals surface area contributed by atoms with Gasteiger partial charge in [0, 0.05) is 38.6 Å². The number of sulfonamides is 1. The third-order valence-corrected chi connectivity index (χ3v) is 4.35. The van der Waals surface area contributed by atoms with Gasteiger partial charge in [-0.25, -0.2) is 13.4 Å². The second-order valence-corrected chi connectivity index (χ2v) is 6.16. The summed E-state index contributed by atoms with van der Waals surface area (Å²) in [4.78, 5) is 2.87. The average Bonchev–Trinajstić information content (AvgIpc) is 2.73. The van der Waals surface area contributed by atoms with Gasteiger partial charge in [-0.2, -0.15) is 0 Å². The van der Waals surface area contributed by atoms with Crippen LogP contribution < -0.4 is 10.1 Å². The number of hydrazine groups is 1. The molecule has 2 heterocycles. The van der Waals surface area contributed by atoms with E-state index >= 15 is 0 Å². The van der Waals surface area contributed by atoms with E-state index in [4.69, 9.17) is 4.74 Å². The largest absolute Gasteiger partial charge is 0.379 e. The van der Waals surface area contributed by atoms with Crippen molar-refractivity contribution in [3.8, 4) is 0 Å². The van der Waals surface area contributed by atoms with Gasteiger partial charge < -0.3 is 14.6 Å². The molecule has 0 spiro atoms. The van der Waals surface area contributed by atoms with Gasteiger partial charge in [-0.3, -0.25) is 0 Å². The maximum Gasteiger partial charge on any atom is 0.254 e. The van der Waals surface area contributed by atoms with Crippen LogP contribution in [-0.2, 0) is 28.4 Å². The smallest absolute Gasteiger partial charge is 0.254 e. The summed E-state index contributed by atoms with van der Waals surface area (Å²) in [6.07, 6.45) is 1.62. The van der Waals surface area contributed by atoms with E-state index < -0.39 is 10.0 Å². The minimum Gasteiger partial charge on any atom is -0.379 e. The summed E-state index contributed by atoms with van der Waals surface area (Å²) in [6, 6.07) is 1.68. The van der Waals surface area contributed by atoms with E-state index in [-0.39, 0.29) is 4.90 Å². The summed E-state index contributed by atoms with van der Waals surface area (Å²) in [5.41, 5.74) is 0.921. The number of nitrogens with zero attached hydrogens (tertiary/aromatic N) is 2. The fourth-order valence-electron chi connectivity index (χ4n) is 1.96. The SMILES string of the molecule is CNCc1cc(S(=O)(=O)NN2CCOCC2)cn1C. The summed E-state index contributed by atoms with van der Waals surface area (Å²) in [7, 11) is 0.152. The quantitative estimate of drug-likeness (QED) is 0.747. The maximum absolute atomic E-state index is 12.2. The number of morpholine rings is 1. The Labute approximate surface area is 113 Å². The van der Waals surface area contributed by atoms with Crippen LogP contribution in [0.5, 0.6) is 0 Å². The summed E-state index contributed by atoms with van der Waals surface area (Å²) in [5.74, 6) is 0. The monoisotopic (exact) mass is 288 g/mol. The molecule has 1 aromatic heterocycles. The fraction of sp³-hybridized carbons (Fsp3) is 0.636. The summed E-state index contributed by atoms with van der Waals surface area (Å²) in [6.45, 7) is 2.85. The van der Waals surface area contributed by atoms with E-state index in [1.807, 2.05) is 18.7 Å². The van der Waals surface area contributed by atoms with E-state index in [0.717, 1.165) is 5.69 Å². The van der Waals surface area contributed by atoms with Crippen LogP contribution in [0.2, 0.25) is 0 Å². The molecule has 0 atom stereocenters. The second-order valence-electron chi connectivity index (χ2n) is 4.50. The molecule has 0 aromatic carbocycles. The predicted molar refractivity (Wildman–Crippen MR) is 70.9 cm³/mol. The Morgan fingerprint density at radius 2 is 2.05 bits per heavy atom. The lowest BCUT2D eigenvalue weighted by atomic mass is 10.4. The van der Waals surface area contributed by atoms with Crippen molar-refractivity contribution in [1.82, 2.24) is 19.7 Å². The standard InChI is InChI=1S/C11H20N4O3S/c1-12-8-10-7-11(9-14(10)2)19(16,17)13-15-3-5-18-6-4-15/h7,9,12-13H,3-6,8H2,1-2H3. The maximum atomic E-state index is 12.2. The minimum absolute atomic E-state index is 0.284. The average molecular weight is 288 g/mol. The molecule has 0 bridgehead atoms. The number of rotatable bonds is 5. The zero-order valence-corrected chi connectivity index (χ0v) is 12.0. The number of hydrogen-bond acceptors (Lipinski definition) is 5. The van der Waals surface area contributed by atoms with Crippen molar-refractivity contribution < 1.29 is 13.2 Å². The van der Waals surface area contributed by atoms with Crippen LogP contribution in [-0.4, -0.2) is 51.3 Å². The van der Waals surface area contributed by atoms with Crippen molar-refractivity contribution in [2.24, 2.45) is 7.05 Å².